The Morgan fingerprint density at radius 3 is 2.67 bits per heavy atom. The third-order valence-electron chi connectivity index (χ3n) is 1.30. The molecule has 1 heterocycles. The van der Waals surface area contributed by atoms with Gasteiger partial charge in [-0.05, 0) is 24.1 Å². The van der Waals surface area contributed by atoms with Crippen LogP contribution in [0.15, 0.2) is 24.5 Å². The Kier molecular flexibility index (Phi) is 3.46. The number of aromatic nitrogens is 1. The van der Waals surface area contributed by atoms with Gasteiger partial charge in [-0.2, -0.15) is 0 Å². The highest BCUT2D eigenvalue weighted by Crippen LogP contribution is 1.96. The van der Waals surface area contributed by atoms with E-state index in [1.807, 2.05) is 0 Å². The quantitative estimate of drug-likeness (QED) is 0.578. The molecule has 12 heavy (non-hydrogen) atoms. The topological polar surface area (TPSA) is 48.0 Å². The van der Waals surface area contributed by atoms with E-state index >= 15 is 0 Å². The van der Waals surface area contributed by atoms with Crippen LogP contribution in [0.2, 0.25) is 0 Å². The Morgan fingerprint density at radius 2 is 2.17 bits per heavy atom. The smallest absolute Gasteiger partial charge is 0.223 e. The van der Waals surface area contributed by atoms with E-state index in [4.69, 9.17) is 17.4 Å². The first kappa shape index (κ1) is 9.44. The van der Waals surface area contributed by atoms with Gasteiger partial charge in [0.25, 0.3) is 0 Å². The molecule has 3 nitrogen and oxygen atoms in total. The molecule has 0 spiro atoms. The van der Waals surface area contributed by atoms with Crippen LogP contribution in [0.4, 0.5) is 0 Å². The van der Waals surface area contributed by atoms with Gasteiger partial charge in [-0.3, -0.25) is 9.93 Å². The molecule has 5 heteroatoms. The number of rotatable bonds is 2. The summed E-state index contributed by atoms with van der Waals surface area (Å²) in [5.41, 5.74) is 0. The van der Waals surface area contributed by atoms with Gasteiger partial charge in [0.15, 0.2) is 0 Å². The Balaban J connectivity index is 2.71. The Morgan fingerprint density at radius 1 is 1.58 bits per heavy atom. The predicted octanol–water partition coefficient (Wildman–Crippen LogP) is 1.35. The van der Waals surface area contributed by atoms with Crippen LogP contribution in [0.3, 0.4) is 0 Å². The van der Waals surface area contributed by atoms with Crippen molar-refractivity contribution >= 4 is 29.3 Å². The summed E-state index contributed by atoms with van der Waals surface area (Å²) in [4.78, 5) is 10.9. The first-order valence-electron chi connectivity index (χ1n) is 3.28. The van der Waals surface area contributed by atoms with Crippen molar-refractivity contribution in [2.45, 2.75) is 6.54 Å². The van der Waals surface area contributed by atoms with Gasteiger partial charge >= 0.3 is 0 Å². The fourth-order valence-electron chi connectivity index (χ4n) is 0.735. The van der Waals surface area contributed by atoms with Crippen molar-refractivity contribution in [2.24, 2.45) is 5.14 Å². The summed E-state index contributed by atoms with van der Waals surface area (Å²) >= 11 is 5.62. The number of nitrogens with two attached hydrogens (primary N) is 1. The van der Waals surface area contributed by atoms with Gasteiger partial charge in [0.1, 0.15) is 0 Å². The van der Waals surface area contributed by atoms with Crippen LogP contribution < -0.4 is 5.14 Å². The first-order valence-corrected chi connectivity index (χ1v) is 4.57. The SMILES string of the molecule is NSC(=O)Cn1ccc(=S)cc1. The standard InChI is InChI=1S/C7H8N2OS2/c8-12-7(10)5-9-3-1-6(11)2-4-9/h1-4H,5,8H2. The molecule has 0 radical (unpaired) electrons. The van der Waals surface area contributed by atoms with Crippen LogP contribution in [0.1, 0.15) is 0 Å². The average molecular weight is 200 g/mol. The van der Waals surface area contributed by atoms with E-state index < -0.39 is 0 Å². The van der Waals surface area contributed by atoms with Crippen LogP contribution in [-0.2, 0) is 11.3 Å². The second-order valence-electron chi connectivity index (χ2n) is 2.20. The lowest BCUT2D eigenvalue weighted by Crippen LogP contribution is -2.07. The molecular weight excluding hydrogens is 192 g/mol. The lowest BCUT2D eigenvalue weighted by atomic mass is 10.5. The maximum atomic E-state index is 10.9. The highest BCUT2D eigenvalue weighted by molar-refractivity contribution is 8.11. The molecule has 64 valence electrons. The van der Waals surface area contributed by atoms with E-state index in [0.29, 0.717) is 0 Å². The zero-order valence-corrected chi connectivity index (χ0v) is 7.90. The number of pyridine rings is 1. The van der Waals surface area contributed by atoms with Crippen molar-refractivity contribution in [3.8, 4) is 0 Å². The highest BCUT2D eigenvalue weighted by atomic mass is 32.2. The summed E-state index contributed by atoms with van der Waals surface area (Å²) in [7, 11) is 0. The minimum atomic E-state index is -0.0721. The zero-order chi connectivity index (χ0) is 8.97. The molecule has 0 saturated carbocycles. The molecule has 0 aromatic carbocycles. The van der Waals surface area contributed by atoms with Crippen LogP contribution in [0, 0.1) is 4.51 Å². The van der Waals surface area contributed by atoms with E-state index in [0.717, 1.165) is 16.5 Å². The van der Waals surface area contributed by atoms with E-state index in [9.17, 15) is 4.79 Å². The van der Waals surface area contributed by atoms with Gasteiger partial charge in [0.2, 0.25) is 5.12 Å². The predicted molar refractivity (Wildman–Crippen MR) is 52.1 cm³/mol. The molecule has 2 N–H and O–H groups in total. The van der Waals surface area contributed by atoms with Crippen molar-refractivity contribution in [1.29, 1.82) is 0 Å². The Bertz CT molecular complexity index is 314. The van der Waals surface area contributed by atoms with Crippen molar-refractivity contribution in [3.05, 3.63) is 29.0 Å². The lowest BCUT2D eigenvalue weighted by molar-refractivity contribution is -0.111. The van der Waals surface area contributed by atoms with Crippen molar-refractivity contribution < 1.29 is 4.79 Å². The van der Waals surface area contributed by atoms with Crippen LogP contribution >= 0.6 is 24.2 Å². The van der Waals surface area contributed by atoms with E-state index in [1.54, 1.807) is 29.1 Å². The minimum Gasteiger partial charge on any atom is -0.346 e. The molecular formula is C7H8N2OS2. The van der Waals surface area contributed by atoms with Gasteiger partial charge in [0.05, 0.1) is 6.54 Å². The Hall–Kier alpha value is -0.650. The number of carbonyl (C=O) groups excluding carboxylic acids is 1. The zero-order valence-electron chi connectivity index (χ0n) is 6.27. The molecule has 0 fully saturated rings. The van der Waals surface area contributed by atoms with E-state index in [1.165, 1.54) is 0 Å². The average Bonchev–Trinajstić information content (AvgIpc) is 2.09. The number of hydrogen-bond acceptors (Lipinski definition) is 4. The summed E-state index contributed by atoms with van der Waals surface area (Å²) < 4.78 is 2.50. The molecule has 1 rings (SSSR count). The van der Waals surface area contributed by atoms with Crippen molar-refractivity contribution in [1.82, 2.24) is 4.57 Å². The third-order valence-corrected chi connectivity index (χ3v) is 1.97. The van der Waals surface area contributed by atoms with Crippen LogP contribution in [0.5, 0.6) is 0 Å². The molecule has 0 saturated heterocycles. The molecule has 0 aliphatic carbocycles. The monoisotopic (exact) mass is 200 g/mol. The molecule has 0 atom stereocenters. The van der Waals surface area contributed by atoms with Gasteiger partial charge in [-0.15, -0.1) is 0 Å². The molecule has 0 unspecified atom stereocenters. The molecule has 0 aliphatic rings. The Labute approximate surface area is 79.7 Å². The normalized spacial score (nSPS) is 9.75. The van der Waals surface area contributed by atoms with Gasteiger partial charge < -0.3 is 4.57 Å². The highest BCUT2D eigenvalue weighted by Gasteiger charge is 1.98. The van der Waals surface area contributed by atoms with Crippen molar-refractivity contribution in [2.75, 3.05) is 0 Å². The number of carbonyl (C=O) groups is 1. The minimum absolute atomic E-state index is 0.0721. The largest absolute Gasteiger partial charge is 0.346 e. The van der Waals surface area contributed by atoms with Gasteiger partial charge in [-0.1, -0.05) is 12.2 Å². The summed E-state index contributed by atoms with van der Waals surface area (Å²) in [5, 5.41) is 5.01. The summed E-state index contributed by atoms with van der Waals surface area (Å²) in [5.74, 6) is 0. The molecule has 0 bridgehead atoms. The summed E-state index contributed by atoms with van der Waals surface area (Å²) in [6.45, 7) is 0.288. The maximum absolute atomic E-state index is 10.9. The van der Waals surface area contributed by atoms with Crippen molar-refractivity contribution in [3.63, 3.8) is 0 Å². The van der Waals surface area contributed by atoms with Gasteiger partial charge in [0, 0.05) is 16.9 Å². The van der Waals surface area contributed by atoms with E-state index in [-0.39, 0.29) is 11.7 Å². The molecule has 0 amide bonds. The maximum Gasteiger partial charge on any atom is 0.223 e. The van der Waals surface area contributed by atoms with Crippen LogP contribution in [0.25, 0.3) is 0 Å². The molecule has 0 aliphatic heterocycles. The fraction of sp³-hybridized carbons (Fsp3) is 0.143. The third kappa shape index (κ3) is 2.77. The van der Waals surface area contributed by atoms with Gasteiger partial charge in [-0.25, -0.2) is 0 Å². The molecule has 1 aromatic heterocycles. The summed E-state index contributed by atoms with van der Waals surface area (Å²) in [6.07, 6.45) is 3.52. The second kappa shape index (κ2) is 4.39. The number of nitrogens with zero attached hydrogens (tertiary/aromatic N) is 1. The van der Waals surface area contributed by atoms with Crippen LogP contribution in [-0.4, -0.2) is 9.68 Å². The second-order valence-corrected chi connectivity index (χ2v) is 3.36. The fourth-order valence-corrected chi connectivity index (χ4v) is 1.08. The molecule has 1 aromatic rings. The first-order chi connectivity index (χ1) is 5.72. The number of hydrogen-bond donors (Lipinski definition) is 1. The van der Waals surface area contributed by atoms with E-state index in [2.05, 4.69) is 0 Å². The lowest BCUT2D eigenvalue weighted by Gasteiger charge is -2.01. The summed E-state index contributed by atoms with van der Waals surface area (Å²) in [6, 6.07) is 3.54.